The van der Waals surface area contributed by atoms with Crippen molar-refractivity contribution in [3.8, 4) is 5.75 Å². The van der Waals surface area contributed by atoms with Gasteiger partial charge < -0.3 is 0 Å². The van der Waals surface area contributed by atoms with E-state index < -0.39 is 0 Å². The van der Waals surface area contributed by atoms with Gasteiger partial charge in [-0.15, -0.1) is 0 Å². The molecule has 1 rings (SSSR count). The van der Waals surface area contributed by atoms with Crippen LogP contribution in [-0.4, -0.2) is 12.2 Å². The minimum atomic E-state index is 0.329. The van der Waals surface area contributed by atoms with Crippen LogP contribution in [0.4, 0.5) is 5.69 Å². The molecule has 0 heterocycles. The Morgan fingerprint density at radius 1 is 1.33 bits per heavy atom. The maximum absolute atomic E-state index is 9.24. The van der Waals surface area contributed by atoms with Gasteiger partial charge in [-0.2, -0.15) is 0 Å². The van der Waals surface area contributed by atoms with Gasteiger partial charge in [-0.1, -0.05) is 13.8 Å². The summed E-state index contributed by atoms with van der Waals surface area (Å²) in [5, 5.41) is 12.1. The zero-order valence-corrected chi connectivity index (χ0v) is 10.8. The molecule has 0 aromatic heterocycles. The van der Waals surface area contributed by atoms with Crippen LogP contribution in [0.15, 0.2) is 18.2 Å². The first-order chi connectivity index (χ1) is 5.74. The van der Waals surface area contributed by atoms with E-state index >= 15 is 0 Å². The average molecular weight is 363 g/mol. The van der Waals surface area contributed by atoms with E-state index in [1.54, 1.807) is 13.1 Å². The van der Waals surface area contributed by atoms with Crippen molar-refractivity contribution >= 4 is 8.96 Å². The number of phenolic OH excluding ortho intramolecular Hbond substituents is 1. The van der Waals surface area contributed by atoms with Gasteiger partial charge in [0.2, 0.25) is 0 Å². The topological polar surface area (TPSA) is 32.3 Å². The predicted molar refractivity (Wildman–Crippen MR) is 50.0 cm³/mol. The van der Waals surface area contributed by atoms with Gasteiger partial charge in [-0.05, 0) is 0 Å². The number of nitrogens with one attached hydrogen (secondary N) is 1. The molecule has 0 spiro atoms. The van der Waals surface area contributed by atoms with Crippen LogP contribution in [0.5, 0.6) is 5.75 Å². The molecule has 0 unspecified atom stereocenters. The van der Waals surface area contributed by atoms with Gasteiger partial charge in [0.05, 0.1) is 0 Å². The normalized spacial score (nSPS) is 8.33. The number of hydrogen-bond donors (Lipinski definition) is 2. The SMILES string of the molecule is CC.CNc1ccc([AtH])cc1O. The van der Waals surface area contributed by atoms with E-state index in [0.717, 1.165) is 8.96 Å². The average Bonchev–Trinajstić information content (AvgIpc) is 2.08. The maximum atomic E-state index is 9.24. The van der Waals surface area contributed by atoms with E-state index in [4.69, 9.17) is 0 Å². The molecule has 0 aliphatic rings. The standard InChI is InChI=1S/C7H9AtNO.C2H6/c1-9-6-3-2-5(8)4-7(6)10;1-2/h2-4,8-10H,1H3;1-2H3. The Balaban J connectivity index is 0.000000561. The second-order valence-electron chi connectivity index (χ2n) is 1.93. The van der Waals surface area contributed by atoms with Gasteiger partial charge in [-0.3, -0.25) is 0 Å². The van der Waals surface area contributed by atoms with Crippen LogP contribution < -0.4 is 8.59 Å². The molecular weight excluding hydrogens is 348 g/mol. The van der Waals surface area contributed by atoms with Gasteiger partial charge >= 0.3 is 75.1 Å². The number of rotatable bonds is 1. The fraction of sp³-hybridized carbons (Fsp3) is 0.333. The Kier molecular flexibility index (Phi) is 6.09. The summed E-state index contributed by atoms with van der Waals surface area (Å²) in [7, 11) is 1.79. The first-order valence-corrected chi connectivity index (χ1v) is 5.50. The Morgan fingerprint density at radius 2 is 1.92 bits per heavy atom. The molecule has 0 atom stereocenters. The Bertz CT molecular complexity index is 238. The number of hydrogen-bond acceptors (Lipinski definition) is 2. The summed E-state index contributed by atoms with van der Waals surface area (Å²) in [6.45, 7) is 4.00. The Hall–Kier alpha value is -0.297. The van der Waals surface area contributed by atoms with E-state index in [-0.39, 0.29) is 0 Å². The van der Waals surface area contributed by atoms with Gasteiger partial charge in [0.15, 0.2) is 0 Å². The minimum absolute atomic E-state index is 0.329. The summed E-state index contributed by atoms with van der Waals surface area (Å²) in [4.78, 5) is 0. The molecule has 1 aromatic rings. The molecule has 2 nitrogen and oxygen atoms in total. The molecule has 0 saturated heterocycles. The Morgan fingerprint density at radius 3 is 2.33 bits per heavy atom. The molecule has 0 saturated carbocycles. The van der Waals surface area contributed by atoms with Crippen LogP contribution in [0.1, 0.15) is 13.8 Å². The van der Waals surface area contributed by atoms with Gasteiger partial charge in [0, 0.05) is 0 Å². The summed E-state index contributed by atoms with van der Waals surface area (Å²) in [5.74, 6) is 0.329. The molecule has 1 aromatic carbocycles. The van der Waals surface area contributed by atoms with Crippen molar-refractivity contribution in [2.45, 2.75) is 13.8 Å². The van der Waals surface area contributed by atoms with Crippen molar-refractivity contribution in [2.75, 3.05) is 12.4 Å². The molecule has 1 radical (unpaired) electrons. The molecule has 69 valence electrons. The first-order valence-electron chi connectivity index (χ1n) is 3.92. The van der Waals surface area contributed by atoms with Crippen LogP contribution >= 0.6 is 0 Å². The third-order valence-electron chi connectivity index (χ3n) is 1.24. The molecule has 0 fully saturated rings. The van der Waals surface area contributed by atoms with Crippen LogP contribution in [0.3, 0.4) is 0 Å². The van der Waals surface area contributed by atoms with Gasteiger partial charge in [0.25, 0.3) is 0 Å². The summed E-state index contributed by atoms with van der Waals surface area (Å²) < 4.78 is 1.15. The van der Waals surface area contributed by atoms with E-state index in [9.17, 15) is 5.11 Å². The van der Waals surface area contributed by atoms with Crippen molar-refractivity contribution in [1.29, 1.82) is 0 Å². The van der Waals surface area contributed by atoms with Crippen LogP contribution in [0.25, 0.3) is 0 Å². The summed E-state index contributed by atoms with van der Waals surface area (Å²) >= 11 is 1.37. The summed E-state index contributed by atoms with van der Waals surface area (Å²) in [6, 6.07) is 5.62. The van der Waals surface area contributed by atoms with Crippen molar-refractivity contribution in [3.05, 3.63) is 18.2 Å². The zero-order valence-electron chi connectivity index (χ0n) is 7.59. The molecular formula is C9H15AtNO. The van der Waals surface area contributed by atoms with E-state index in [2.05, 4.69) is 5.32 Å². The number of anilines is 1. The first kappa shape index (κ1) is 11.7. The quantitative estimate of drug-likeness (QED) is 0.739. The van der Waals surface area contributed by atoms with Crippen molar-refractivity contribution in [2.24, 2.45) is 0 Å². The predicted octanol–water partition coefficient (Wildman–Crippen LogP) is 1.37. The third-order valence-corrected chi connectivity index (χ3v) is 2.23. The second kappa shape index (κ2) is 6.24. The van der Waals surface area contributed by atoms with Crippen LogP contribution in [-0.2, 0) is 0 Å². The van der Waals surface area contributed by atoms with Crippen LogP contribution in [0.2, 0.25) is 0 Å². The van der Waals surface area contributed by atoms with Crippen molar-refractivity contribution in [3.63, 3.8) is 0 Å². The van der Waals surface area contributed by atoms with Gasteiger partial charge in [-0.25, -0.2) is 0 Å². The van der Waals surface area contributed by atoms with E-state index in [1.165, 1.54) is 24.7 Å². The summed E-state index contributed by atoms with van der Waals surface area (Å²) in [5.41, 5.74) is 0.782. The molecule has 3 heteroatoms. The van der Waals surface area contributed by atoms with E-state index in [0.29, 0.717) is 5.75 Å². The molecule has 0 amide bonds. The number of benzene rings is 1. The fourth-order valence-electron chi connectivity index (χ4n) is 0.723. The fourth-order valence-corrected chi connectivity index (χ4v) is 1.42. The third kappa shape index (κ3) is 3.40. The Labute approximate surface area is 88.8 Å². The zero-order chi connectivity index (χ0) is 9.56. The van der Waals surface area contributed by atoms with Crippen molar-refractivity contribution < 1.29 is 29.8 Å². The molecule has 0 bridgehead atoms. The van der Waals surface area contributed by atoms with Gasteiger partial charge in [0.1, 0.15) is 0 Å². The molecule has 12 heavy (non-hydrogen) atoms. The van der Waals surface area contributed by atoms with Crippen LogP contribution in [0, 0.1) is 24.7 Å². The molecule has 2 N–H and O–H groups in total. The summed E-state index contributed by atoms with van der Waals surface area (Å²) in [6.07, 6.45) is 0. The molecule has 0 aliphatic carbocycles. The van der Waals surface area contributed by atoms with E-state index in [1.807, 2.05) is 26.0 Å². The number of aromatic hydroxyl groups is 1. The number of phenols is 1. The molecule has 0 aliphatic heterocycles. The second-order valence-corrected chi connectivity index (χ2v) is 3.76. The monoisotopic (exact) mass is 363 g/mol. The van der Waals surface area contributed by atoms with Crippen molar-refractivity contribution in [1.82, 2.24) is 0 Å².